The van der Waals surface area contributed by atoms with Crippen molar-refractivity contribution in [2.24, 2.45) is 0 Å². The monoisotopic (exact) mass is 330 g/mol. The van der Waals surface area contributed by atoms with E-state index in [9.17, 15) is 9.59 Å². The molecule has 2 rings (SSSR count). The van der Waals surface area contributed by atoms with Crippen molar-refractivity contribution >= 4 is 17.7 Å². The van der Waals surface area contributed by atoms with E-state index < -0.39 is 0 Å². The highest BCUT2D eigenvalue weighted by atomic mass is 32.2. The molecule has 0 aliphatic rings. The van der Waals surface area contributed by atoms with E-state index in [4.69, 9.17) is 0 Å². The number of methoxy groups -OCH3 is 1. The maximum absolute atomic E-state index is 12.3. The molecule has 0 saturated carbocycles. The first-order chi connectivity index (χ1) is 11.1. The van der Waals surface area contributed by atoms with Gasteiger partial charge >= 0.3 is 5.97 Å². The molecular formula is C17H18N2O3S. The Bertz CT molecular complexity index is 741. The third-order valence-electron chi connectivity index (χ3n) is 3.20. The van der Waals surface area contributed by atoms with Crippen LogP contribution in [-0.4, -0.2) is 28.8 Å². The van der Waals surface area contributed by atoms with Crippen LogP contribution in [0.3, 0.4) is 0 Å². The van der Waals surface area contributed by atoms with Crippen LogP contribution in [-0.2, 0) is 22.4 Å². The lowest BCUT2D eigenvalue weighted by Crippen LogP contribution is -2.19. The summed E-state index contributed by atoms with van der Waals surface area (Å²) in [6.45, 7) is 3.69. The van der Waals surface area contributed by atoms with Gasteiger partial charge in [0, 0.05) is 12.0 Å². The van der Waals surface area contributed by atoms with Gasteiger partial charge in [-0.15, -0.1) is 6.58 Å². The van der Waals surface area contributed by atoms with Crippen LogP contribution in [0.15, 0.2) is 52.9 Å². The molecule has 1 aromatic carbocycles. The number of H-pyrrole nitrogens is 1. The Labute approximate surface area is 138 Å². The van der Waals surface area contributed by atoms with Gasteiger partial charge in [0.15, 0.2) is 5.16 Å². The minimum atomic E-state index is -0.363. The standard InChI is InChI=1S/C17H18N2O3S/c1-3-7-13-14(10-12-8-5-4-6-9-12)18-17(19-16(13)21)23-11-15(20)22-2/h3-6,8-9H,1,7,10-11H2,2H3,(H,18,19,21). The van der Waals surface area contributed by atoms with Gasteiger partial charge < -0.3 is 9.72 Å². The third kappa shape index (κ3) is 4.82. The third-order valence-corrected chi connectivity index (χ3v) is 4.04. The number of thioether (sulfide) groups is 1. The largest absolute Gasteiger partial charge is 0.468 e. The number of nitrogens with zero attached hydrogens (tertiary/aromatic N) is 1. The predicted molar refractivity (Wildman–Crippen MR) is 90.7 cm³/mol. The van der Waals surface area contributed by atoms with Gasteiger partial charge in [0.2, 0.25) is 0 Å². The molecule has 23 heavy (non-hydrogen) atoms. The fourth-order valence-corrected chi connectivity index (χ4v) is 2.78. The van der Waals surface area contributed by atoms with Crippen LogP contribution in [0.1, 0.15) is 16.8 Å². The molecule has 120 valence electrons. The van der Waals surface area contributed by atoms with Crippen molar-refractivity contribution in [1.29, 1.82) is 0 Å². The summed E-state index contributed by atoms with van der Waals surface area (Å²) in [4.78, 5) is 30.7. The first-order valence-corrected chi connectivity index (χ1v) is 8.09. The van der Waals surface area contributed by atoms with Crippen LogP contribution in [0, 0.1) is 0 Å². The molecule has 6 heteroatoms. The van der Waals surface area contributed by atoms with E-state index in [1.807, 2.05) is 30.3 Å². The topological polar surface area (TPSA) is 72.0 Å². The van der Waals surface area contributed by atoms with Crippen molar-refractivity contribution in [3.63, 3.8) is 0 Å². The van der Waals surface area contributed by atoms with Gasteiger partial charge in [-0.1, -0.05) is 48.2 Å². The molecule has 1 aromatic heterocycles. The van der Waals surface area contributed by atoms with Crippen LogP contribution < -0.4 is 5.56 Å². The number of carbonyl (C=O) groups excluding carboxylic acids is 1. The van der Waals surface area contributed by atoms with Gasteiger partial charge in [-0.25, -0.2) is 4.98 Å². The minimum absolute atomic E-state index is 0.102. The van der Waals surface area contributed by atoms with Crippen molar-refractivity contribution < 1.29 is 9.53 Å². The molecule has 0 spiro atoms. The fraction of sp³-hybridized carbons (Fsp3) is 0.235. The van der Waals surface area contributed by atoms with E-state index >= 15 is 0 Å². The number of hydrogen-bond acceptors (Lipinski definition) is 5. The Morgan fingerprint density at radius 1 is 1.39 bits per heavy atom. The second-order valence-electron chi connectivity index (χ2n) is 4.82. The molecule has 0 amide bonds. The van der Waals surface area contributed by atoms with Crippen LogP contribution in [0.25, 0.3) is 0 Å². The van der Waals surface area contributed by atoms with E-state index in [0.29, 0.717) is 29.3 Å². The summed E-state index contributed by atoms with van der Waals surface area (Å²) in [5.41, 5.74) is 2.18. The molecule has 5 nitrogen and oxygen atoms in total. The van der Waals surface area contributed by atoms with Crippen molar-refractivity contribution in [3.05, 3.63) is 70.2 Å². The van der Waals surface area contributed by atoms with Crippen LogP contribution >= 0.6 is 11.8 Å². The zero-order valence-electron chi connectivity index (χ0n) is 12.9. The van der Waals surface area contributed by atoms with Gasteiger partial charge in [0.1, 0.15) is 0 Å². The molecule has 0 bridgehead atoms. The first kappa shape index (κ1) is 17.0. The Balaban J connectivity index is 2.32. The molecule has 0 aliphatic carbocycles. The van der Waals surface area contributed by atoms with Crippen LogP contribution in [0.2, 0.25) is 0 Å². The van der Waals surface area contributed by atoms with Crippen molar-refractivity contribution in [1.82, 2.24) is 9.97 Å². The van der Waals surface area contributed by atoms with Gasteiger partial charge in [-0.2, -0.15) is 0 Å². The molecule has 0 saturated heterocycles. The lowest BCUT2D eigenvalue weighted by atomic mass is 10.0. The highest BCUT2D eigenvalue weighted by Crippen LogP contribution is 2.16. The molecule has 0 fully saturated rings. The molecule has 0 atom stereocenters. The van der Waals surface area contributed by atoms with E-state index in [-0.39, 0.29) is 17.3 Å². The van der Waals surface area contributed by atoms with Crippen molar-refractivity contribution in [3.8, 4) is 0 Å². The molecule has 2 aromatic rings. The number of rotatable bonds is 7. The summed E-state index contributed by atoms with van der Waals surface area (Å²) < 4.78 is 4.60. The average molecular weight is 330 g/mol. The number of benzene rings is 1. The number of allylic oxidation sites excluding steroid dienone is 1. The Hall–Kier alpha value is -2.34. The zero-order chi connectivity index (χ0) is 16.7. The zero-order valence-corrected chi connectivity index (χ0v) is 13.7. The molecular weight excluding hydrogens is 312 g/mol. The normalized spacial score (nSPS) is 10.3. The number of nitrogens with one attached hydrogen (secondary N) is 1. The summed E-state index contributed by atoms with van der Waals surface area (Å²) in [6.07, 6.45) is 2.69. The summed E-state index contributed by atoms with van der Waals surface area (Å²) in [5.74, 6) is -0.261. The Kier molecular flexibility index (Phi) is 6.17. The number of aromatic amines is 1. The van der Waals surface area contributed by atoms with Gasteiger partial charge in [0.05, 0.1) is 18.6 Å². The lowest BCUT2D eigenvalue weighted by molar-refractivity contribution is -0.137. The molecule has 0 aliphatic heterocycles. The molecule has 1 heterocycles. The van der Waals surface area contributed by atoms with E-state index in [0.717, 1.165) is 17.3 Å². The molecule has 0 unspecified atom stereocenters. The Morgan fingerprint density at radius 3 is 2.78 bits per heavy atom. The number of ether oxygens (including phenoxy) is 1. The van der Waals surface area contributed by atoms with E-state index in [1.54, 1.807) is 6.08 Å². The smallest absolute Gasteiger partial charge is 0.316 e. The van der Waals surface area contributed by atoms with Crippen molar-refractivity contribution in [2.45, 2.75) is 18.0 Å². The van der Waals surface area contributed by atoms with Gasteiger partial charge in [-0.3, -0.25) is 9.59 Å². The fourth-order valence-electron chi connectivity index (χ4n) is 2.07. The number of esters is 1. The first-order valence-electron chi connectivity index (χ1n) is 7.10. The minimum Gasteiger partial charge on any atom is -0.468 e. The van der Waals surface area contributed by atoms with Crippen LogP contribution in [0.5, 0.6) is 0 Å². The second-order valence-corrected chi connectivity index (χ2v) is 5.78. The number of hydrogen-bond donors (Lipinski definition) is 1. The lowest BCUT2D eigenvalue weighted by Gasteiger charge is -2.09. The molecule has 0 radical (unpaired) electrons. The maximum Gasteiger partial charge on any atom is 0.316 e. The summed E-state index contributed by atoms with van der Waals surface area (Å²) in [7, 11) is 1.33. The molecule has 1 N–H and O–H groups in total. The quantitative estimate of drug-likeness (QED) is 0.365. The summed E-state index contributed by atoms with van der Waals surface area (Å²) >= 11 is 1.15. The van der Waals surface area contributed by atoms with Crippen LogP contribution in [0.4, 0.5) is 0 Å². The summed E-state index contributed by atoms with van der Waals surface area (Å²) in [6, 6.07) is 9.81. The SMILES string of the molecule is C=CCc1c(Cc2ccccc2)nc(SCC(=O)OC)[nH]c1=O. The van der Waals surface area contributed by atoms with Gasteiger partial charge in [-0.05, 0) is 12.0 Å². The highest BCUT2D eigenvalue weighted by Gasteiger charge is 2.12. The Morgan fingerprint density at radius 2 is 2.13 bits per heavy atom. The highest BCUT2D eigenvalue weighted by molar-refractivity contribution is 7.99. The maximum atomic E-state index is 12.3. The van der Waals surface area contributed by atoms with E-state index in [2.05, 4.69) is 21.3 Å². The predicted octanol–water partition coefficient (Wildman–Crippen LogP) is 2.35. The van der Waals surface area contributed by atoms with Crippen molar-refractivity contribution in [2.75, 3.05) is 12.9 Å². The van der Waals surface area contributed by atoms with E-state index in [1.165, 1.54) is 7.11 Å². The number of carbonyl (C=O) groups is 1. The second kappa shape index (κ2) is 8.33. The van der Waals surface area contributed by atoms with Gasteiger partial charge in [0.25, 0.3) is 5.56 Å². The average Bonchev–Trinajstić information content (AvgIpc) is 2.56. The summed E-state index contributed by atoms with van der Waals surface area (Å²) in [5, 5.41) is 0.416. The number of aromatic nitrogens is 2.